The molecule has 0 aliphatic carbocycles. The molecule has 5 heteroatoms. The van der Waals surface area contributed by atoms with Gasteiger partial charge in [-0.25, -0.2) is 0 Å². The number of carbonyl (C=O) groups excluding carboxylic acids is 1. The smallest absolute Gasteiger partial charge is 0.222 e. The SMILES string of the molecule is CC(C)C(=O)NC1CC(C(C)O)CN(c2ccsc2)C1. The molecule has 1 saturated heterocycles. The van der Waals surface area contributed by atoms with Crippen molar-refractivity contribution in [2.24, 2.45) is 11.8 Å². The van der Waals surface area contributed by atoms with Crippen molar-refractivity contribution < 1.29 is 9.90 Å². The molecule has 2 N–H and O–H groups in total. The average Bonchev–Trinajstić information content (AvgIpc) is 2.92. The number of nitrogens with one attached hydrogen (secondary N) is 1. The minimum absolute atomic E-state index is 0.00322. The van der Waals surface area contributed by atoms with Crippen molar-refractivity contribution in [2.45, 2.75) is 39.3 Å². The normalized spacial score (nSPS) is 24.8. The third-order valence-corrected chi connectivity index (χ3v) is 4.58. The molecule has 2 heterocycles. The summed E-state index contributed by atoms with van der Waals surface area (Å²) < 4.78 is 0. The number of amides is 1. The maximum Gasteiger partial charge on any atom is 0.222 e. The second-order valence-corrected chi connectivity index (χ2v) is 6.76. The standard InChI is InChI=1S/C15H24N2O2S/c1-10(2)15(19)16-13-6-12(11(3)18)7-17(8-13)14-4-5-20-9-14/h4-5,9-13,18H,6-8H2,1-3H3,(H,16,19). The number of carbonyl (C=O) groups is 1. The summed E-state index contributed by atoms with van der Waals surface area (Å²) in [4.78, 5) is 14.2. The van der Waals surface area contributed by atoms with Gasteiger partial charge >= 0.3 is 0 Å². The first-order valence-electron chi connectivity index (χ1n) is 7.23. The first-order chi connectivity index (χ1) is 9.47. The van der Waals surface area contributed by atoms with E-state index in [0.717, 1.165) is 19.5 Å². The molecule has 3 atom stereocenters. The molecule has 20 heavy (non-hydrogen) atoms. The van der Waals surface area contributed by atoms with Gasteiger partial charge in [-0.15, -0.1) is 0 Å². The molecule has 1 fully saturated rings. The average molecular weight is 296 g/mol. The van der Waals surface area contributed by atoms with Crippen molar-refractivity contribution in [3.63, 3.8) is 0 Å². The van der Waals surface area contributed by atoms with Crippen LogP contribution in [-0.4, -0.2) is 36.2 Å². The lowest BCUT2D eigenvalue weighted by atomic mass is 9.89. The molecular weight excluding hydrogens is 272 g/mol. The summed E-state index contributed by atoms with van der Waals surface area (Å²) in [7, 11) is 0. The Morgan fingerprint density at radius 2 is 2.20 bits per heavy atom. The highest BCUT2D eigenvalue weighted by atomic mass is 32.1. The number of piperidine rings is 1. The first kappa shape index (κ1) is 15.3. The van der Waals surface area contributed by atoms with Gasteiger partial charge in [0.05, 0.1) is 6.10 Å². The van der Waals surface area contributed by atoms with Crippen LogP contribution in [-0.2, 0) is 4.79 Å². The Bertz CT molecular complexity index is 431. The molecule has 2 rings (SSSR count). The van der Waals surface area contributed by atoms with Gasteiger partial charge in [0.25, 0.3) is 0 Å². The van der Waals surface area contributed by atoms with Crippen LogP contribution in [0.3, 0.4) is 0 Å². The number of thiophene rings is 1. The summed E-state index contributed by atoms with van der Waals surface area (Å²) in [6.07, 6.45) is 0.492. The van der Waals surface area contributed by atoms with E-state index in [1.807, 2.05) is 20.8 Å². The number of hydrogen-bond acceptors (Lipinski definition) is 4. The van der Waals surface area contributed by atoms with Crippen LogP contribution in [0.5, 0.6) is 0 Å². The topological polar surface area (TPSA) is 52.6 Å². The van der Waals surface area contributed by atoms with Crippen molar-refractivity contribution >= 4 is 22.9 Å². The Morgan fingerprint density at radius 3 is 2.75 bits per heavy atom. The zero-order valence-electron chi connectivity index (χ0n) is 12.4. The lowest BCUT2D eigenvalue weighted by Crippen LogP contribution is -2.53. The largest absolute Gasteiger partial charge is 0.393 e. The van der Waals surface area contributed by atoms with E-state index in [1.165, 1.54) is 5.69 Å². The maximum absolute atomic E-state index is 11.9. The van der Waals surface area contributed by atoms with Crippen LogP contribution < -0.4 is 10.2 Å². The monoisotopic (exact) mass is 296 g/mol. The molecule has 0 radical (unpaired) electrons. The molecule has 112 valence electrons. The number of aliphatic hydroxyl groups excluding tert-OH is 1. The summed E-state index contributed by atoms with van der Waals surface area (Å²) in [5, 5.41) is 17.2. The van der Waals surface area contributed by atoms with Crippen molar-refractivity contribution in [1.82, 2.24) is 5.32 Å². The lowest BCUT2D eigenvalue weighted by molar-refractivity contribution is -0.124. The molecule has 1 aromatic rings. The quantitative estimate of drug-likeness (QED) is 0.894. The Kier molecular flexibility index (Phi) is 5.05. The van der Waals surface area contributed by atoms with Gasteiger partial charge in [0, 0.05) is 42.0 Å². The van der Waals surface area contributed by atoms with E-state index in [2.05, 4.69) is 27.0 Å². The van der Waals surface area contributed by atoms with Crippen molar-refractivity contribution in [1.29, 1.82) is 0 Å². The number of anilines is 1. The molecule has 0 spiro atoms. The second kappa shape index (κ2) is 6.59. The molecule has 0 bridgehead atoms. The van der Waals surface area contributed by atoms with Gasteiger partial charge in [0.1, 0.15) is 0 Å². The minimum Gasteiger partial charge on any atom is -0.393 e. The zero-order valence-corrected chi connectivity index (χ0v) is 13.2. The third-order valence-electron chi connectivity index (χ3n) is 3.91. The van der Waals surface area contributed by atoms with E-state index in [0.29, 0.717) is 0 Å². The van der Waals surface area contributed by atoms with E-state index < -0.39 is 0 Å². The van der Waals surface area contributed by atoms with Crippen LogP contribution in [0.1, 0.15) is 27.2 Å². The fourth-order valence-electron chi connectivity index (χ4n) is 2.61. The van der Waals surface area contributed by atoms with Crippen molar-refractivity contribution in [2.75, 3.05) is 18.0 Å². The molecule has 3 unspecified atom stereocenters. The highest BCUT2D eigenvalue weighted by Crippen LogP contribution is 2.27. The van der Waals surface area contributed by atoms with E-state index in [-0.39, 0.29) is 29.9 Å². The predicted molar refractivity (Wildman–Crippen MR) is 83.1 cm³/mol. The molecule has 0 aromatic carbocycles. The summed E-state index contributed by atoms with van der Waals surface area (Å²) in [6.45, 7) is 7.31. The van der Waals surface area contributed by atoms with Gasteiger partial charge < -0.3 is 15.3 Å². The fourth-order valence-corrected chi connectivity index (χ4v) is 3.27. The predicted octanol–water partition coefficient (Wildman–Crippen LogP) is 2.10. The Hall–Kier alpha value is -1.07. The molecule has 1 aliphatic heterocycles. The van der Waals surface area contributed by atoms with Crippen molar-refractivity contribution in [3.8, 4) is 0 Å². The summed E-state index contributed by atoms with van der Waals surface area (Å²) >= 11 is 1.67. The molecule has 1 aliphatic rings. The van der Waals surface area contributed by atoms with E-state index >= 15 is 0 Å². The van der Waals surface area contributed by atoms with Gasteiger partial charge in [0.2, 0.25) is 5.91 Å². The van der Waals surface area contributed by atoms with Crippen LogP contribution >= 0.6 is 11.3 Å². The number of aliphatic hydroxyl groups is 1. The summed E-state index contributed by atoms with van der Waals surface area (Å²) in [5.74, 6) is 0.282. The van der Waals surface area contributed by atoms with Gasteiger partial charge in [-0.05, 0) is 24.8 Å². The third kappa shape index (κ3) is 3.73. The van der Waals surface area contributed by atoms with E-state index in [1.54, 1.807) is 11.3 Å². The molecular formula is C15H24N2O2S. The van der Waals surface area contributed by atoms with Gasteiger partial charge in [-0.1, -0.05) is 13.8 Å². The maximum atomic E-state index is 11.9. The van der Waals surface area contributed by atoms with E-state index in [4.69, 9.17) is 0 Å². The minimum atomic E-state index is -0.352. The summed E-state index contributed by atoms with van der Waals surface area (Å²) in [6, 6.07) is 2.20. The number of rotatable bonds is 4. The molecule has 1 aromatic heterocycles. The van der Waals surface area contributed by atoms with Crippen molar-refractivity contribution in [3.05, 3.63) is 16.8 Å². The number of nitrogens with zero attached hydrogens (tertiary/aromatic N) is 1. The highest BCUT2D eigenvalue weighted by molar-refractivity contribution is 7.08. The van der Waals surface area contributed by atoms with Gasteiger partial charge in [-0.2, -0.15) is 11.3 Å². The molecule has 1 amide bonds. The first-order valence-corrected chi connectivity index (χ1v) is 8.17. The van der Waals surface area contributed by atoms with Crippen LogP contribution in [0.15, 0.2) is 16.8 Å². The van der Waals surface area contributed by atoms with Crippen LogP contribution in [0, 0.1) is 11.8 Å². The van der Waals surface area contributed by atoms with Gasteiger partial charge in [0.15, 0.2) is 0 Å². The van der Waals surface area contributed by atoms with Crippen LogP contribution in [0.25, 0.3) is 0 Å². The molecule has 4 nitrogen and oxygen atoms in total. The lowest BCUT2D eigenvalue weighted by Gasteiger charge is -2.40. The highest BCUT2D eigenvalue weighted by Gasteiger charge is 2.31. The van der Waals surface area contributed by atoms with E-state index in [9.17, 15) is 9.90 Å². The Morgan fingerprint density at radius 1 is 1.45 bits per heavy atom. The van der Waals surface area contributed by atoms with Gasteiger partial charge in [-0.3, -0.25) is 4.79 Å². The Labute approximate surface area is 124 Å². The Balaban J connectivity index is 2.06. The second-order valence-electron chi connectivity index (χ2n) is 5.98. The van der Waals surface area contributed by atoms with Crippen LogP contribution in [0.2, 0.25) is 0 Å². The summed E-state index contributed by atoms with van der Waals surface area (Å²) in [5.41, 5.74) is 1.18. The molecule has 0 saturated carbocycles. The van der Waals surface area contributed by atoms with Crippen LogP contribution in [0.4, 0.5) is 5.69 Å². The zero-order chi connectivity index (χ0) is 14.7. The number of hydrogen-bond donors (Lipinski definition) is 2. The fraction of sp³-hybridized carbons (Fsp3) is 0.667.